The molecule has 0 saturated carbocycles. The van der Waals surface area contributed by atoms with E-state index in [4.69, 9.17) is 9.47 Å². The molecule has 1 heterocycles. The monoisotopic (exact) mass is 436 g/mol. The van der Waals surface area contributed by atoms with Crippen LogP contribution in [0.5, 0.6) is 23.0 Å². The number of rotatable bonds is 7. The molecule has 1 aliphatic rings. The number of hydrogen-bond donors (Lipinski definition) is 7. The van der Waals surface area contributed by atoms with Gasteiger partial charge in [-0.15, -0.1) is 0 Å². The lowest BCUT2D eigenvalue weighted by Crippen LogP contribution is -2.60. The number of carbonyl (C=O) groups is 1. The zero-order valence-electron chi connectivity index (χ0n) is 16.3. The van der Waals surface area contributed by atoms with Gasteiger partial charge < -0.3 is 45.2 Å². The van der Waals surface area contributed by atoms with Gasteiger partial charge in [0.2, 0.25) is 6.29 Å². The predicted molar refractivity (Wildman–Crippen MR) is 105 cm³/mol. The lowest BCUT2D eigenvalue weighted by molar-refractivity contribution is -0.277. The molecule has 0 radical (unpaired) electrons. The van der Waals surface area contributed by atoms with Crippen molar-refractivity contribution >= 4 is 5.78 Å². The highest BCUT2D eigenvalue weighted by Crippen LogP contribution is 2.36. The van der Waals surface area contributed by atoms with Gasteiger partial charge in [0, 0.05) is 18.6 Å². The van der Waals surface area contributed by atoms with E-state index in [-0.39, 0.29) is 23.5 Å². The summed E-state index contributed by atoms with van der Waals surface area (Å²) in [6.45, 7) is -0.672. The number of aryl methyl sites for hydroxylation is 1. The molecule has 10 nitrogen and oxygen atoms in total. The second kappa shape index (κ2) is 9.50. The van der Waals surface area contributed by atoms with E-state index in [0.717, 1.165) is 17.7 Å². The third-order valence-corrected chi connectivity index (χ3v) is 5.01. The van der Waals surface area contributed by atoms with Gasteiger partial charge in [0.25, 0.3) is 0 Å². The molecule has 1 saturated heterocycles. The minimum absolute atomic E-state index is 0.0475. The van der Waals surface area contributed by atoms with Crippen molar-refractivity contribution in [1.29, 1.82) is 0 Å². The highest BCUT2D eigenvalue weighted by molar-refractivity contribution is 6.01. The first-order valence-electron chi connectivity index (χ1n) is 9.55. The molecule has 0 unspecified atom stereocenters. The molecule has 1 fully saturated rings. The zero-order valence-corrected chi connectivity index (χ0v) is 16.3. The molecule has 3 rings (SSSR count). The Morgan fingerprint density at radius 1 is 0.935 bits per heavy atom. The summed E-state index contributed by atoms with van der Waals surface area (Å²) in [4.78, 5) is 12.8. The van der Waals surface area contributed by atoms with Gasteiger partial charge in [-0.05, 0) is 24.1 Å². The molecule has 5 atom stereocenters. The van der Waals surface area contributed by atoms with Crippen LogP contribution in [0.15, 0.2) is 36.4 Å². The van der Waals surface area contributed by atoms with Crippen LogP contribution in [-0.2, 0) is 11.2 Å². The summed E-state index contributed by atoms with van der Waals surface area (Å²) < 4.78 is 10.7. The zero-order chi connectivity index (χ0) is 22.7. The number of hydrogen-bond acceptors (Lipinski definition) is 10. The minimum Gasteiger partial charge on any atom is -0.508 e. The number of aromatic hydroxyl groups is 3. The van der Waals surface area contributed by atoms with Crippen molar-refractivity contribution in [3.63, 3.8) is 0 Å². The van der Waals surface area contributed by atoms with Crippen LogP contribution in [0.1, 0.15) is 22.3 Å². The third-order valence-electron chi connectivity index (χ3n) is 5.01. The fourth-order valence-corrected chi connectivity index (χ4v) is 3.30. The van der Waals surface area contributed by atoms with Crippen LogP contribution >= 0.6 is 0 Å². The first kappa shape index (κ1) is 22.8. The standard InChI is InChI=1S/C21H24O10/c22-9-16-18(27)19(28)20(29)21(31-16)30-15-8-12(24)7-14(26)17(15)13(25)6-3-10-1-4-11(23)5-2-10/h1-2,4-5,7-8,16,18-24,26-29H,3,6,9H2/t16-,18+,19+,20+,21+/m0/s1. The smallest absolute Gasteiger partial charge is 0.229 e. The first-order valence-corrected chi connectivity index (χ1v) is 9.55. The summed E-state index contributed by atoms with van der Waals surface area (Å²) >= 11 is 0. The molecule has 0 amide bonds. The fraction of sp³-hybridized carbons (Fsp3) is 0.381. The van der Waals surface area contributed by atoms with E-state index >= 15 is 0 Å². The topological polar surface area (TPSA) is 177 Å². The van der Waals surface area contributed by atoms with Crippen LogP contribution in [0.2, 0.25) is 0 Å². The van der Waals surface area contributed by atoms with Crippen molar-refractivity contribution in [2.75, 3.05) is 6.61 Å². The lowest BCUT2D eigenvalue weighted by atomic mass is 9.99. The maximum atomic E-state index is 12.8. The molecular weight excluding hydrogens is 412 g/mol. The number of aliphatic hydroxyl groups is 4. The van der Waals surface area contributed by atoms with Crippen LogP contribution in [-0.4, -0.2) is 78.8 Å². The van der Waals surface area contributed by atoms with Gasteiger partial charge in [0.05, 0.1) is 6.61 Å². The van der Waals surface area contributed by atoms with Gasteiger partial charge >= 0.3 is 0 Å². The summed E-state index contributed by atoms with van der Waals surface area (Å²) in [6.07, 6.45) is -7.61. The molecule has 10 heteroatoms. The van der Waals surface area contributed by atoms with Crippen molar-refractivity contribution in [1.82, 2.24) is 0 Å². The van der Waals surface area contributed by atoms with Crippen molar-refractivity contribution in [3.05, 3.63) is 47.5 Å². The maximum absolute atomic E-state index is 12.8. The molecule has 1 aliphatic heterocycles. The van der Waals surface area contributed by atoms with E-state index in [9.17, 15) is 40.5 Å². The molecule has 168 valence electrons. The number of phenolic OH excluding ortho intramolecular Hbond substituents is 3. The van der Waals surface area contributed by atoms with Crippen molar-refractivity contribution in [3.8, 4) is 23.0 Å². The van der Waals surface area contributed by atoms with Crippen LogP contribution in [0.25, 0.3) is 0 Å². The number of carbonyl (C=O) groups excluding carboxylic acids is 1. The lowest BCUT2D eigenvalue weighted by Gasteiger charge is -2.39. The highest BCUT2D eigenvalue weighted by atomic mass is 16.7. The Labute approximate surface area is 177 Å². The molecule has 7 N–H and O–H groups in total. The Morgan fingerprint density at radius 2 is 1.61 bits per heavy atom. The van der Waals surface area contributed by atoms with E-state index in [2.05, 4.69) is 0 Å². The SMILES string of the molecule is O=C(CCc1ccc(O)cc1)c1c(O)cc(O)cc1O[C@@H]1O[C@@H](CO)[C@@H](O)[C@@H](O)[C@H]1O. The molecule has 0 aromatic heterocycles. The summed E-state index contributed by atoms with van der Waals surface area (Å²) in [5.41, 5.74) is 0.495. The van der Waals surface area contributed by atoms with Crippen molar-refractivity contribution in [2.45, 2.75) is 43.5 Å². The molecule has 0 spiro atoms. The number of Topliss-reactive ketones (excluding diaryl/α,β-unsaturated/α-hetero) is 1. The van der Waals surface area contributed by atoms with E-state index in [0.29, 0.717) is 6.42 Å². The summed E-state index contributed by atoms with van der Waals surface area (Å²) in [5, 5.41) is 68.6. The molecular formula is C21H24O10. The predicted octanol–water partition coefficient (Wildman–Crippen LogP) is -0.202. The molecule has 2 aromatic carbocycles. The molecule has 0 aliphatic carbocycles. The third kappa shape index (κ3) is 5.06. The average Bonchev–Trinajstić information content (AvgIpc) is 2.73. The largest absolute Gasteiger partial charge is 0.508 e. The second-order valence-electron chi connectivity index (χ2n) is 7.24. The number of ketones is 1. The molecule has 0 bridgehead atoms. The van der Waals surface area contributed by atoms with Crippen LogP contribution in [0.4, 0.5) is 0 Å². The average molecular weight is 436 g/mol. The first-order chi connectivity index (χ1) is 14.7. The van der Waals surface area contributed by atoms with Gasteiger partial charge in [-0.1, -0.05) is 12.1 Å². The van der Waals surface area contributed by atoms with Crippen molar-refractivity contribution in [2.24, 2.45) is 0 Å². The van der Waals surface area contributed by atoms with E-state index in [1.165, 1.54) is 12.1 Å². The summed E-state index contributed by atoms with van der Waals surface area (Å²) in [6, 6.07) is 8.23. The number of benzene rings is 2. The van der Waals surface area contributed by atoms with Gasteiger partial charge in [-0.3, -0.25) is 4.79 Å². The Hall–Kier alpha value is -2.89. The number of ether oxygens (including phenoxy) is 2. The van der Waals surface area contributed by atoms with Gasteiger partial charge in [-0.25, -0.2) is 0 Å². The van der Waals surface area contributed by atoms with Gasteiger partial charge in [0.15, 0.2) is 5.78 Å². The minimum atomic E-state index is -1.73. The van der Waals surface area contributed by atoms with E-state index < -0.39 is 54.6 Å². The fourth-order valence-electron chi connectivity index (χ4n) is 3.30. The van der Waals surface area contributed by atoms with Crippen molar-refractivity contribution < 1.29 is 50.0 Å². The maximum Gasteiger partial charge on any atom is 0.229 e. The van der Waals surface area contributed by atoms with Crippen LogP contribution < -0.4 is 4.74 Å². The Kier molecular flexibility index (Phi) is 6.98. The van der Waals surface area contributed by atoms with Crippen LogP contribution in [0.3, 0.4) is 0 Å². The highest BCUT2D eigenvalue weighted by Gasteiger charge is 2.45. The van der Waals surface area contributed by atoms with E-state index in [1.54, 1.807) is 12.1 Å². The second-order valence-corrected chi connectivity index (χ2v) is 7.24. The number of phenols is 3. The van der Waals surface area contributed by atoms with Gasteiger partial charge in [-0.2, -0.15) is 0 Å². The summed E-state index contributed by atoms with van der Waals surface area (Å²) in [5.74, 6) is -1.74. The Balaban J connectivity index is 1.82. The Morgan fingerprint density at radius 3 is 2.26 bits per heavy atom. The summed E-state index contributed by atoms with van der Waals surface area (Å²) in [7, 11) is 0. The Bertz CT molecular complexity index is 911. The van der Waals surface area contributed by atoms with Crippen LogP contribution in [0, 0.1) is 0 Å². The normalized spacial score (nSPS) is 25.9. The quantitative estimate of drug-likeness (QED) is 0.288. The van der Waals surface area contributed by atoms with Gasteiger partial charge in [0.1, 0.15) is 53.0 Å². The molecule has 31 heavy (non-hydrogen) atoms. The number of aliphatic hydroxyl groups excluding tert-OH is 4. The van der Waals surface area contributed by atoms with E-state index in [1.807, 2.05) is 0 Å². The molecule has 2 aromatic rings.